The molecule has 5 aromatic rings. The minimum Gasteiger partial charge on any atom is -0.351 e. The zero-order valence-electron chi connectivity index (χ0n) is 17.4. The molecule has 0 atom stereocenters. The molecule has 6 rings (SSSR count). The van der Waals surface area contributed by atoms with Crippen molar-refractivity contribution in [1.29, 1.82) is 0 Å². The molecule has 32 heavy (non-hydrogen) atoms. The van der Waals surface area contributed by atoms with Crippen molar-refractivity contribution in [3.8, 4) is 16.8 Å². The third kappa shape index (κ3) is 3.14. The smallest absolute Gasteiger partial charge is 0.150 e. The highest BCUT2D eigenvalue weighted by Gasteiger charge is 2.23. The van der Waals surface area contributed by atoms with E-state index >= 15 is 0 Å². The van der Waals surface area contributed by atoms with Gasteiger partial charge in [-0.15, -0.1) is 0 Å². The molecule has 0 amide bonds. The maximum absolute atomic E-state index is 13.6. The SMILES string of the molecule is Fc1ccc(-n2cc(-c3ccccc3)c3c(N4CCc5ccccc5C4)ncnc32)cc1. The number of hydrogen-bond acceptors (Lipinski definition) is 3. The maximum atomic E-state index is 13.6. The van der Waals surface area contributed by atoms with Crippen LogP contribution in [0.4, 0.5) is 10.2 Å². The van der Waals surface area contributed by atoms with E-state index in [1.165, 1.54) is 23.3 Å². The van der Waals surface area contributed by atoms with Crippen LogP contribution in [0.3, 0.4) is 0 Å². The molecule has 0 aliphatic carbocycles. The normalized spacial score (nSPS) is 13.3. The van der Waals surface area contributed by atoms with E-state index in [9.17, 15) is 4.39 Å². The zero-order chi connectivity index (χ0) is 21.5. The van der Waals surface area contributed by atoms with Gasteiger partial charge in [0.1, 0.15) is 18.0 Å². The summed E-state index contributed by atoms with van der Waals surface area (Å²) in [5, 5.41) is 1.02. The van der Waals surface area contributed by atoms with Gasteiger partial charge >= 0.3 is 0 Å². The molecule has 5 heteroatoms. The molecule has 1 aliphatic heterocycles. The van der Waals surface area contributed by atoms with E-state index in [4.69, 9.17) is 4.98 Å². The molecule has 0 spiro atoms. The third-order valence-electron chi connectivity index (χ3n) is 6.18. The Morgan fingerprint density at radius 2 is 1.53 bits per heavy atom. The summed E-state index contributed by atoms with van der Waals surface area (Å²) in [5.74, 6) is 0.681. The Balaban J connectivity index is 1.56. The van der Waals surface area contributed by atoms with Crippen molar-refractivity contribution in [3.05, 3.63) is 108 Å². The molecule has 0 radical (unpaired) electrons. The summed E-state index contributed by atoms with van der Waals surface area (Å²) >= 11 is 0. The van der Waals surface area contributed by atoms with Gasteiger partial charge in [-0.2, -0.15) is 0 Å². The average Bonchev–Trinajstić information content (AvgIpc) is 3.25. The lowest BCUT2D eigenvalue weighted by molar-refractivity contribution is 0.627. The Morgan fingerprint density at radius 3 is 2.34 bits per heavy atom. The van der Waals surface area contributed by atoms with Gasteiger partial charge in [-0.1, -0.05) is 54.6 Å². The highest BCUT2D eigenvalue weighted by Crippen LogP contribution is 2.38. The summed E-state index contributed by atoms with van der Waals surface area (Å²) in [6.45, 7) is 1.72. The topological polar surface area (TPSA) is 34.0 Å². The number of halogens is 1. The lowest BCUT2D eigenvalue weighted by Crippen LogP contribution is -2.31. The van der Waals surface area contributed by atoms with E-state index in [0.29, 0.717) is 0 Å². The van der Waals surface area contributed by atoms with Gasteiger partial charge in [0.05, 0.1) is 5.39 Å². The number of hydrogen-bond donors (Lipinski definition) is 0. The lowest BCUT2D eigenvalue weighted by Gasteiger charge is -2.30. The first-order valence-corrected chi connectivity index (χ1v) is 10.8. The molecule has 0 bridgehead atoms. The molecule has 3 heterocycles. The second-order valence-corrected chi connectivity index (χ2v) is 8.09. The van der Waals surface area contributed by atoms with E-state index in [2.05, 4.69) is 52.5 Å². The number of aromatic nitrogens is 3. The maximum Gasteiger partial charge on any atom is 0.150 e. The van der Waals surface area contributed by atoms with Crippen molar-refractivity contribution in [3.63, 3.8) is 0 Å². The first kappa shape index (κ1) is 18.8. The Kier molecular flexibility index (Phi) is 4.46. The van der Waals surface area contributed by atoms with E-state index in [1.807, 2.05) is 22.8 Å². The van der Waals surface area contributed by atoms with Gasteiger partial charge in [0.25, 0.3) is 0 Å². The van der Waals surface area contributed by atoms with Crippen LogP contribution in [0.2, 0.25) is 0 Å². The number of benzene rings is 3. The van der Waals surface area contributed by atoms with E-state index in [0.717, 1.165) is 53.2 Å². The predicted molar refractivity (Wildman–Crippen MR) is 125 cm³/mol. The van der Waals surface area contributed by atoms with Gasteiger partial charge in [-0.25, -0.2) is 14.4 Å². The number of nitrogens with zero attached hydrogens (tertiary/aromatic N) is 4. The first-order chi connectivity index (χ1) is 15.8. The van der Waals surface area contributed by atoms with Crippen molar-refractivity contribution < 1.29 is 4.39 Å². The van der Waals surface area contributed by atoms with Gasteiger partial charge in [0, 0.05) is 30.5 Å². The molecule has 156 valence electrons. The quantitative estimate of drug-likeness (QED) is 0.371. The zero-order valence-corrected chi connectivity index (χ0v) is 17.4. The van der Waals surface area contributed by atoms with Gasteiger partial charge < -0.3 is 9.47 Å². The van der Waals surface area contributed by atoms with E-state index in [-0.39, 0.29) is 5.82 Å². The van der Waals surface area contributed by atoms with Crippen LogP contribution >= 0.6 is 0 Å². The van der Waals surface area contributed by atoms with Gasteiger partial charge in [0.15, 0.2) is 5.65 Å². The average molecular weight is 420 g/mol. The highest BCUT2D eigenvalue weighted by atomic mass is 19.1. The second-order valence-electron chi connectivity index (χ2n) is 8.09. The van der Waals surface area contributed by atoms with Crippen LogP contribution in [0.15, 0.2) is 91.4 Å². The summed E-state index contributed by atoms with van der Waals surface area (Å²) in [7, 11) is 0. The van der Waals surface area contributed by atoms with E-state index < -0.39 is 0 Å². The van der Waals surface area contributed by atoms with Crippen LogP contribution in [0.25, 0.3) is 27.8 Å². The van der Waals surface area contributed by atoms with Crippen LogP contribution in [0.1, 0.15) is 11.1 Å². The fourth-order valence-corrected chi connectivity index (χ4v) is 4.60. The fraction of sp³-hybridized carbons (Fsp3) is 0.111. The van der Waals surface area contributed by atoms with Crippen molar-refractivity contribution in [2.45, 2.75) is 13.0 Å². The molecular formula is C27H21FN4. The van der Waals surface area contributed by atoms with Gasteiger partial charge in [0.2, 0.25) is 0 Å². The van der Waals surface area contributed by atoms with Crippen molar-refractivity contribution in [2.75, 3.05) is 11.4 Å². The first-order valence-electron chi connectivity index (χ1n) is 10.8. The number of rotatable bonds is 3. The molecule has 2 aromatic heterocycles. The minimum absolute atomic E-state index is 0.254. The Morgan fingerprint density at radius 1 is 0.781 bits per heavy atom. The summed E-state index contributed by atoms with van der Waals surface area (Å²) in [6, 6.07) is 25.4. The number of fused-ring (bicyclic) bond motifs is 2. The molecule has 1 aliphatic rings. The van der Waals surface area contributed by atoms with Crippen LogP contribution in [-0.4, -0.2) is 21.1 Å². The molecule has 0 saturated carbocycles. The van der Waals surface area contributed by atoms with Crippen LogP contribution in [0, 0.1) is 5.82 Å². The Labute approximate surface area is 185 Å². The van der Waals surface area contributed by atoms with Crippen LogP contribution in [-0.2, 0) is 13.0 Å². The monoisotopic (exact) mass is 420 g/mol. The van der Waals surface area contributed by atoms with Crippen LogP contribution < -0.4 is 4.90 Å². The molecule has 0 saturated heterocycles. The summed E-state index contributed by atoms with van der Waals surface area (Å²) in [6.07, 6.45) is 4.71. The molecule has 3 aromatic carbocycles. The molecular weight excluding hydrogens is 399 g/mol. The van der Waals surface area contributed by atoms with Crippen molar-refractivity contribution in [2.24, 2.45) is 0 Å². The summed E-state index contributed by atoms with van der Waals surface area (Å²) in [4.78, 5) is 11.8. The Hall–Kier alpha value is -3.99. The Bertz CT molecular complexity index is 1410. The number of anilines is 1. The van der Waals surface area contributed by atoms with Crippen LogP contribution in [0.5, 0.6) is 0 Å². The highest BCUT2D eigenvalue weighted by molar-refractivity contribution is 6.02. The van der Waals surface area contributed by atoms with Gasteiger partial charge in [-0.3, -0.25) is 0 Å². The summed E-state index contributed by atoms with van der Waals surface area (Å²) < 4.78 is 15.6. The minimum atomic E-state index is -0.254. The second kappa shape index (κ2) is 7.61. The molecule has 0 N–H and O–H groups in total. The summed E-state index contributed by atoms with van der Waals surface area (Å²) in [5.41, 5.74) is 6.60. The largest absolute Gasteiger partial charge is 0.351 e. The third-order valence-corrected chi connectivity index (χ3v) is 6.18. The van der Waals surface area contributed by atoms with Gasteiger partial charge in [-0.05, 0) is 47.4 Å². The standard InChI is InChI=1S/C27H21FN4/c28-22-10-12-23(13-11-22)32-17-24(20-7-2-1-3-8-20)25-26(29-18-30-27(25)32)31-15-14-19-6-4-5-9-21(19)16-31/h1-13,17-18H,14-16H2. The van der Waals surface area contributed by atoms with E-state index in [1.54, 1.807) is 18.5 Å². The molecule has 4 nitrogen and oxygen atoms in total. The molecule has 0 unspecified atom stereocenters. The fourth-order valence-electron chi connectivity index (χ4n) is 4.60. The lowest BCUT2D eigenvalue weighted by atomic mass is 9.99. The molecule has 0 fully saturated rings. The predicted octanol–water partition coefficient (Wildman–Crippen LogP) is 5.79. The van der Waals surface area contributed by atoms with Crippen molar-refractivity contribution in [1.82, 2.24) is 14.5 Å². The van der Waals surface area contributed by atoms with Crippen molar-refractivity contribution >= 4 is 16.9 Å².